The Morgan fingerprint density at radius 2 is 2.17 bits per heavy atom. The van der Waals surface area contributed by atoms with Crippen LogP contribution in [0.1, 0.15) is 10.4 Å². The summed E-state index contributed by atoms with van der Waals surface area (Å²) in [5.41, 5.74) is 8.07. The van der Waals surface area contributed by atoms with Gasteiger partial charge in [-0.2, -0.15) is 0 Å². The molecule has 96 valence electrons. The fourth-order valence-corrected chi connectivity index (χ4v) is 3.06. The molecule has 0 aliphatic carbocycles. The van der Waals surface area contributed by atoms with Crippen LogP contribution >= 0.6 is 27.3 Å². The first-order valence-electron chi connectivity index (χ1n) is 5.92. The predicted molar refractivity (Wildman–Crippen MR) is 83.3 cm³/mol. The number of anilines is 1. The molecule has 0 saturated carbocycles. The second-order valence-corrected chi connectivity index (χ2v) is 6.22. The SMILES string of the molecule is CN(CCc1cccs1)c1cc(Br)cc(CN)c1. The molecular formula is C14H17BrN2S. The summed E-state index contributed by atoms with van der Waals surface area (Å²) in [4.78, 5) is 3.69. The summed E-state index contributed by atoms with van der Waals surface area (Å²) < 4.78 is 1.09. The summed E-state index contributed by atoms with van der Waals surface area (Å²) in [6.45, 7) is 1.59. The average Bonchev–Trinajstić information content (AvgIpc) is 2.88. The van der Waals surface area contributed by atoms with Gasteiger partial charge in [-0.3, -0.25) is 0 Å². The normalized spacial score (nSPS) is 10.6. The molecule has 2 rings (SSSR count). The number of hydrogen-bond donors (Lipinski definition) is 1. The second-order valence-electron chi connectivity index (χ2n) is 4.27. The number of likely N-dealkylation sites (N-methyl/N-ethyl adjacent to an activating group) is 1. The van der Waals surface area contributed by atoms with Crippen molar-refractivity contribution in [3.63, 3.8) is 0 Å². The fraction of sp³-hybridized carbons (Fsp3) is 0.286. The van der Waals surface area contributed by atoms with Crippen LogP contribution in [0.15, 0.2) is 40.2 Å². The van der Waals surface area contributed by atoms with Gasteiger partial charge in [0.2, 0.25) is 0 Å². The monoisotopic (exact) mass is 324 g/mol. The molecule has 0 aliphatic rings. The average molecular weight is 325 g/mol. The zero-order valence-electron chi connectivity index (χ0n) is 10.4. The maximum Gasteiger partial charge on any atom is 0.0378 e. The third kappa shape index (κ3) is 3.57. The Balaban J connectivity index is 2.03. The van der Waals surface area contributed by atoms with Gasteiger partial charge in [-0.15, -0.1) is 11.3 Å². The molecule has 0 spiro atoms. The van der Waals surface area contributed by atoms with Crippen LogP contribution in [0.5, 0.6) is 0 Å². The quantitative estimate of drug-likeness (QED) is 0.909. The first kappa shape index (κ1) is 13.6. The minimum absolute atomic E-state index is 0.575. The zero-order chi connectivity index (χ0) is 13.0. The maximum atomic E-state index is 5.70. The highest BCUT2D eigenvalue weighted by Gasteiger charge is 2.04. The summed E-state index contributed by atoms with van der Waals surface area (Å²) in [5, 5.41) is 2.13. The van der Waals surface area contributed by atoms with Crippen molar-refractivity contribution in [1.82, 2.24) is 0 Å². The van der Waals surface area contributed by atoms with E-state index in [2.05, 4.69) is 63.6 Å². The van der Waals surface area contributed by atoms with E-state index in [1.54, 1.807) is 0 Å². The van der Waals surface area contributed by atoms with Crippen molar-refractivity contribution in [3.05, 3.63) is 50.6 Å². The molecule has 0 amide bonds. The van der Waals surface area contributed by atoms with Crippen molar-refractivity contribution in [1.29, 1.82) is 0 Å². The Hall–Kier alpha value is -0.840. The molecule has 1 aromatic heterocycles. The van der Waals surface area contributed by atoms with Gasteiger partial charge < -0.3 is 10.6 Å². The van der Waals surface area contributed by atoms with E-state index in [0.29, 0.717) is 6.54 Å². The van der Waals surface area contributed by atoms with Crippen LogP contribution in [0.25, 0.3) is 0 Å². The van der Waals surface area contributed by atoms with Crippen LogP contribution < -0.4 is 10.6 Å². The van der Waals surface area contributed by atoms with Crippen molar-refractivity contribution in [2.24, 2.45) is 5.73 Å². The third-order valence-corrected chi connectivity index (χ3v) is 4.29. The van der Waals surface area contributed by atoms with E-state index in [9.17, 15) is 0 Å². The highest BCUT2D eigenvalue weighted by molar-refractivity contribution is 9.10. The molecule has 2 N–H and O–H groups in total. The van der Waals surface area contributed by atoms with E-state index < -0.39 is 0 Å². The molecule has 2 aromatic rings. The molecule has 2 nitrogen and oxygen atoms in total. The summed E-state index contributed by atoms with van der Waals surface area (Å²) in [7, 11) is 2.12. The fourth-order valence-electron chi connectivity index (χ4n) is 1.83. The molecule has 4 heteroatoms. The molecule has 0 atom stereocenters. The number of nitrogens with two attached hydrogens (primary N) is 1. The van der Waals surface area contributed by atoms with E-state index in [1.165, 1.54) is 10.6 Å². The van der Waals surface area contributed by atoms with E-state index in [4.69, 9.17) is 5.73 Å². The van der Waals surface area contributed by atoms with Gasteiger partial charge in [0, 0.05) is 35.2 Å². The van der Waals surface area contributed by atoms with Gasteiger partial charge in [-0.05, 0) is 41.6 Å². The van der Waals surface area contributed by atoms with Crippen molar-refractivity contribution in [2.75, 3.05) is 18.5 Å². The van der Waals surface area contributed by atoms with Crippen molar-refractivity contribution in [3.8, 4) is 0 Å². The Morgan fingerprint density at radius 1 is 1.33 bits per heavy atom. The number of rotatable bonds is 5. The van der Waals surface area contributed by atoms with Gasteiger partial charge in [-0.1, -0.05) is 22.0 Å². The van der Waals surface area contributed by atoms with E-state index >= 15 is 0 Å². The van der Waals surface area contributed by atoms with Crippen molar-refractivity contribution >= 4 is 33.0 Å². The van der Waals surface area contributed by atoms with Crippen LogP contribution in [-0.4, -0.2) is 13.6 Å². The minimum atomic E-state index is 0.575. The Kier molecular flexibility index (Phi) is 4.80. The third-order valence-electron chi connectivity index (χ3n) is 2.89. The van der Waals surface area contributed by atoms with Crippen LogP contribution in [-0.2, 0) is 13.0 Å². The molecule has 18 heavy (non-hydrogen) atoms. The van der Waals surface area contributed by atoms with Gasteiger partial charge in [0.1, 0.15) is 0 Å². The molecule has 0 fully saturated rings. The van der Waals surface area contributed by atoms with E-state index in [0.717, 1.165) is 23.0 Å². The largest absolute Gasteiger partial charge is 0.374 e. The highest BCUT2D eigenvalue weighted by atomic mass is 79.9. The Morgan fingerprint density at radius 3 is 2.83 bits per heavy atom. The van der Waals surface area contributed by atoms with Gasteiger partial charge in [0.15, 0.2) is 0 Å². The highest BCUT2D eigenvalue weighted by Crippen LogP contribution is 2.22. The lowest BCUT2D eigenvalue weighted by Crippen LogP contribution is -2.20. The summed E-state index contributed by atoms with van der Waals surface area (Å²) in [6, 6.07) is 10.6. The first-order valence-corrected chi connectivity index (χ1v) is 7.59. The van der Waals surface area contributed by atoms with E-state index in [-0.39, 0.29) is 0 Å². The summed E-state index contributed by atoms with van der Waals surface area (Å²) in [5.74, 6) is 0. The molecule has 0 aliphatic heterocycles. The number of benzene rings is 1. The smallest absolute Gasteiger partial charge is 0.0378 e. The standard InChI is InChI=1S/C14H17BrN2S/c1-17(5-4-14-3-2-6-18-14)13-8-11(10-16)7-12(15)9-13/h2-3,6-9H,4-5,10,16H2,1H3. The Labute approximate surface area is 121 Å². The van der Waals surface area contributed by atoms with Gasteiger partial charge in [0.05, 0.1) is 0 Å². The van der Waals surface area contributed by atoms with Crippen LogP contribution in [0.3, 0.4) is 0 Å². The molecule has 1 heterocycles. The topological polar surface area (TPSA) is 29.3 Å². The van der Waals surface area contributed by atoms with E-state index in [1.807, 2.05) is 11.3 Å². The number of hydrogen-bond acceptors (Lipinski definition) is 3. The lowest BCUT2D eigenvalue weighted by molar-refractivity contribution is 0.884. The predicted octanol–water partition coefficient (Wildman–Crippen LogP) is 3.65. The summed E-state index contributed by atoms with van der Waals surface area (Å²) >= 11 is 5.35. The number of nitrogens with zero attached hydrogens (tertiary/aromatic N) is 1. The molecule has 0 radical (unpaired) electrons. The lowest BCUT2D eigenvalue weighted by atomic mass is 10.2. The van der Waals surface area contributed by atoms with Crippen LogP contribution in [0.4, 0.5) is 5.69 Å². The van der Waals surface area contributed by atoms with Crippen LogP contribution in [0.2, 0.25) is 0 Å². The minimum Gasteiger partial charge on any atom is -0.374 e. The summed E-state index contributed by atoms with van der Waals surface area (Å²) in [6.07, 6.45) is 1.08. The van der Waals surface area contributed by atoms with Gasteiger partial charge >= 0.3 is 0 Å². The zero-order valence-corrected chi connectivity index (χ0v) is 12.8. The number of halogens is 1. The van der Waals surface area contributed by atoms with Crippen molar-refractivity contribution in [2.45, 2.75) is 13.0 Å². The van der Waals surface area contributed by atoms with Crippen LogP contribution in [0, 0.1) is 0 Å². The first-order chi connectivity index (χ1) is 8.69. The lowest BCUT2D eigenvalue weighted by Gasteiger charge is -2.20. The molecule has 0 bridgehead atoms. The Bertz CT molecular complexity index is 497. The number of thiophene rings is 1. The maximum absolute atomic E-state index is 5.70. The van der Waals surface area contributed by atoms with Gasteiger partial charge in [-0.25, -0.2) is 0 Å². The molecule has 1 aromatic carbocycles. The van der Waals surface area contributed by atoms with Crippen molar-refractivity contribution < 1.29 is 0 Å². The molecule has 0 saturated heterocycles. The van der Waals surface area contributed by atoms with Gasteiger partial charge in [0.25, 0.3) is 0 Å². The molecule has 0 unspecified atom stereocenters. The second kappa shape index (κ2) is 6.36. The molecular weight excluding hydrogens is 308 g/mol.